The zero-order chi connectivity index (χ0) is 12.3. The van der Waals surface area contributed by atoms with Gasteiger partial charge in [-0.05, 0) is 37.8 Å². The van der Waals surface area contributed by atoms with Crippen LogP contribution in [0.4, 0.5) is 5.69 Å². The van der Waals surface area contributed by atoms with E-state index in [9.17, 15) is 10.3 Å². The highest BCUT2D eigenvalue weighted by Gasteiger charge is 2.22. The summed E-state index contributed by atoms with van der Waals surface area (Å²) >= 11 is 0. The minimum Gasteiger partial charge on any atom is -0.733 e. The van der Waals surface area contributed by atoms with E-state index in [2.05, 4.69) is 4.98 Å². The van der Waals surface area contributed by atoms with Crippen molar-refractivity contribution in [3.8, 4) is 5.88 Å². The van der Waals surface area contributed by atoms with Crippen LogP contribution in [0.3, 0.4) is 0 Å². The zero-order valence-corrected chi connectivity index (χ0v) is 9.32. The lowest BCUT2D eigenvalue weighted by atomic mass is 9.95. The van der Waals surface area contributed by atoms with Gasteiger partial charge in [0.15, 0.2) is 0 Å². The van der Waals surface area contributed by atoms with Crippen LogP contribution in [0.15, 0.2) is 18.3 Å². The molecule has 0 amide bonds. The fourth-order valence-electron chi connectivity index (χ4n) is 1.94. The van der Waals surface area contributed by atoms with E-state index < -0.39 is 0 Å². The standard InChI is InChI=1S/C11H15N2O4/c14-8-3-5-9(6-4-8)17-11-10(13(15)16)2-1-7-12-11/h1-2,7-9,14-15H,3-6H2/q-1. The molecule has 0 radical (unpaired) electrons. The van der Waals surface area contributed by atoms with Crippen LogP contribution in [0, 0.1) is 5.21 Å². The Morgan fingerprint density at radius 3 is 2.71 bits per heavy atom. The maximum absolute atomic E-state index is 10.9. The van der Waals surface area contributed by atoms with Gasteiger partial charge >= 0.3 is 0 Å². The quantitative estimate of drug-likeness (QED) is 0.776. The van der Waals surface area contributed by atoms with Crippen molar-refractivity contribution >= 4 is 5.69 Å². The molecule has 1 fully saturated rings. The minimum atomic E-state index is -0.257. The van der Waals surface area contributed by atoms with Gasteiger partial charge in [-0.25, -0.2) is 4.98 Å². The Hall–Kier alpha value is -1.37. The highest BCUT2D eigenvalue weighted by molar-refractivity contribution is 5.52. The van der Waals surface area contributed by atoms with Gasteiger partial charge in [-0.15, -0.1) is 0 Å². The van der Waals surface area contributed by atoms with Crippen LogP contribution in [0.25, 0.3) is 0 Å². The lowest BCUT2D eigenvalue weighted by Crippen LogP contribution is -2.27. The predicted molar refractivity (Wildman–Crippen MR) is 60.8 cm³/mol. The van der Waals surface area contributed by atoms with Crippen LogP contribution in [0.2, 0.25) is 0 Å². The summed E-state index contributed by atoms with van der Waals surface area (Å²) in [6, 6.07) is 2.99. The number of ether oxygens (including phenoxy) is 1. The van der Waals surface area contributed by atoms with E-state index >= 15 is 0 Å². The van der Waals surface area contributed by atoms with E-state index in [1.165, 1.54) is 12.3 Å². The van der Waals surface area contributed by atoms with Crippen molar-refractivity contribution < 1.29 is 15.1 Å². The molecule has 2 N–H and O–H groups in total. The third kappa shape index (κ3) is 3.06. The van der Waals surface area contributed by atoms with E-state index in [0.29, 0.717) is 12.8 Å². The van der Waals surface area contributed by atoms with Crippen molar-refractivity contribution in [2.24, 2.45) is 0 Å². The maximum atomic E-state index is 10.9. The number of anilines is 1. The van der Waals surface area contributed by atoms with Crippen molar-refractivity contribution in [3.63, 3.8) is 0 Å². The summed E-state index contributed by atoms with van der Waals surface area (Å²) in [5.41, 5.74) is -0.00128. The first-order valence-electron chi connectivity index (χ1n) is 5.62. The molecule has 94 valence electrons. The molecule has 1 aliphatic rings. The lowest BCUT2D eigenvalue weighted by Gasteiger charge is -2.28. The summed E-state index contributed by atoms with van der Waals surface area (Å²) in [5.74, 6) is 0.131. The molecule has 1 saturated carbocycles. The summed E-state index contributed by atoms with van der Waals surface area (Å²) in [6.45, 7) is 0. The van der Waals surface area contributed by atoms with Gasteiger partial charge in [0.2, 0.25) is 5.88 Å². The number of aliphatic hydroxyl groups is 1. The van der Waals surface area contributed by atoms with E-state index in [0.717, 1.165) is 12.8 Å². The molecular weight excluding hydrogens is 224 g/mol. The molecule has 2 rings (SSSR count). The molecular formula is C11H15N2O4-. The molecule has 0 atom stereocenters. The van der Waals surface area contributed by atoms with Crippen molar-refractivity contribution in [3.05, 3.63) is 23.5 Å². The first-order valence-corrected chi connectivity index (χ1v) is 5.62. The molecule has 0 unspecified atom stereocenters. The highest BCUT2D eigenvalue weighted by Crippen LogP contribution is 2.28. The van der Waals surface area contributed by atoms with Gasteiger partial charge in [-0.3, -0.25) is 5.21 Å². The second-order valence-corrected chi connectivity index (χ2v) is 4.15. The normalized spacial score (nSPS) is 24.4. The third-order valence-corrected chi connectivity index (χ3v) is 2.88. The lowest BCUT2D eigenvalue weighted by molar-refractivity contribution is 0.0641. The SMILES string of the molecule is [O-]N(O)c1cccnc1OC1CCC(O)CC1. The second kappa shape index (κ2) is 5.31. The first kappa shape index (κ1) is 12.1. The molecule has 0 spiro atoms. The number of pyridine rings is 1. The van der Waals surface area contributed by atoms with Gasteiger partial charge in [-0.2, -0.15) is 0 Å². The van der Waals surface area contributed by atoms with Crippen molar-refractivity contribution in [2.45, 2.75) is 37.9 Å². The Morgan fingerprint density at radius 2 is 2.06 bits per heavy atom. The van der Waals surface area contributed by atoms with Crippen LogP contribution < -0.4 is 9.96 Å². The summed E-state index contributed by atoms with van der Waals surface area (Å²) in [4.78, 5) is 3.93. The molecule has 0 aliphatic heterocycles. The fourth-order valence-corrected chi connectivity index (χ4v) is 1.94. The molecule has 1 aromatic rings. The summed E-state index contributed by atoms with van der Waals surface area (Å²) in [7, 11) is 0. The van der Waals surface area contributed by atoms with E-state index in [4.69, 9.17) is 9.94 Å². The van der Waals surface area contributed by atoms with E-state index in [-0.39, 0.29) is 29.0 Å². The number of hydrogen-bond acceptors (Lipinski definition) is 6. The first-order chi connectivity index (χ1) is 8.16. The van der Waals surface area contributed by atoms with Crippen LogP contribution in [0.1, 0.15) is 25.7 Å². The molecule has 0 aromatic carbocycles. The van der Waals surface area contributed by atoms with Crippen LogP contribution >= 0.6 is 0 Å². The molecule has 1 aromatic heterocycles. The largest absolute Gasteiger partial charge is 0.733 e. The fraction of sp³-hybridized carbons (Fsp3) is 0.545. The Balaban J connectivity index is 2.03. The van der Waals surface area contributed by atoms with Gasteiger partial charge in [0, 0.05) is 6.20 Å². The second-order valence-electron chi connectivity index (χ2n) is 4.15. The molecule has 17 heavy (non-hydrogen) atoms. The molecule has 0 saturated heterocycles. The van der Waals surface area contributed by atoms with Crippen molar-refractivity contribution in [2.75, 3.05) is 5.23 Å². The van der Waals surface area contributed by atoms with Crippen LogP contribution in [0.5, 0.6) is 5.88 Å². The third-order valence-electron chi connectivity index (χ3n) is 2.88. The number of aliphatic hydroxyl groups excluding tert-OH is 1. The Labute approximate surface area is 99.0 Å². The number of rotatable bonds is 3. The van der Waals surface area contributed by atoms with Gasteiger partial charge in [0.25, 0.3) is 0 Å². The minimum absolute atomic E-state index is 0.00128. The zero-order valence-electron chi connectivity index (χ0n) is 9.32. The maximum Gasteiger partial charge on any atom is 0.239 e. The Morgan fingerprint density at radius 1 is 1.35 bits per heavy atom. The summed E-state index contributed by atoms with van der Waals surface area (Å²) in [6.07, 6.45) is 4.00. The molecule has 1 heterocycles. The Kier molecular flexibility index (Phi) is 3.78. The molecule has 1 aliphatic carbocycles. The van der Waals surface area contributed by atoms with Crippen molar-refractivity contribution in [1.29, 1.82) is 0 Å². The highest BCUT2D eigenvalue weighted by atomic mass is 16.8. The molecule has 6 heteroatoms. The van der Waals surface area contributed by atoms with Gasteiger partial charge in [0.1, 0.15) is 11.8 Å². The molecule has 6 nitrogen and oxygen atoms in total. The van der Waals surface area contributed by atoms with Crippen LogP contribution in [-0.4, -0.2) is 27.5 Å². The number of hydrogen-bond donors (Lipinski definition) is 2. The molecule has 0 bridgehead atoms. The monoisotopic (exact) mass is 239 g/mol. The van der Waals surface area contributed by atoms with Crippen LogP contribution in [-0.2, 0) is 0 Å². The predicted octanol–water partition coefficient (Wildman–Crippen LogP) is 1.46. The van der Waals surface area contributed by atoms with Gasteiger partial charge in [0.05, 0.1) is 6.10 Å². The topological polar surface area (TPSA) is 88.9 Å². The Bertz CT molecular complexity index is 364. The van der Waals surface area contributed by atoms with Gasteiger partial charge in [-0.1, -0.05) is 0 Å². The van der Waals surface area contributed by atoms with Crippen molar-refractivity contribution in [1.82, 2.24) is 4.98 Å². The van der Waals surface area contributed by atoms with Gasteiger partial charge < -0.3 is 20.3 Å². The van der Waals surface area contributed by atoms with E-state index in [1.54, 1.807) is 6.07 Å². The average Bonchev–Trinajstić information content (AvgIpc) is 2.32. The van der Waals surface area contributed by atoms with E-state index in [1.807, 2.05) is 0 Å². The summed E-state index contributed by atoms with van der Waals surface area (Å²) < 4.78 is 5.57. The number of aromatic nitrogens is 1. The smallest absolute Gasteiger partial charge is 0.239 e. The number of nitrogens with zero attached hydrogens (tertiary/aromatic N) is 2. The average molecular weight is 239 g/mol. The summed E-state index contributed by atoms with van der Waals surface area (Å²) in [5, 5.41) is 28.9.